The molecule has 2 N–H and O–H groups in total. The second-order valence-corrected chi connectivity index (χ2v) is 5.23. The highest BCUT2D eigenvalue weighted by molar-refractivity contribution is 5.85. The SMILES string of the molecule is CC(C(=O)O)C(C)C(=O)N1CCN2C(=O)NCC2C1. The predicted molar refractivity (Wildman–Crippen MR) is 66.4 cm³/mol. The molecule has 0 aromatic heterocycles. The summed E-state index contributed by atoms with van der Waals surface area (Å²) >= 11 is 0. The van der Waals surface area contributed by atoms with Gasteiger partial charge in [-0.25, -0.2) is 4.79 Å². The van der Waals surface area contributed by atoms with Crippen molar-refractivity contribution in [3.63, 3.8) is 0 Å². The van der Waals surface area contributed by atoms with Crippen LogP contribution in [-0.4, -0.2) is 65.0 Å². The maximum absolute atomic E-state index is 12.3. The standard InChI is InChI=1S/C12H19N3O4/c1-7(8(2)11(17)18)10(16)14-3-4-15-9(6-14)5-13-12(15)19/h7-9H,3-6H2,1-2H3,(H,13,19)(H,17,18). The largest absolute Gasteiger partial charge is 0.481 e. The van der Waals surface area contributed by atoms with Crippen molar-refractivity contribution in [3.05, 3.63) is 0 Å². The third-order valence-corrected chi connectivity index (χ3v) is 4.07. The van der Waals surface area contributed by atoms with E-state index in [1.807, 2.05) is 0 Å². The summed E-state index contributed by atoms with van der Waals surface area (Å²) in [6.07, 6.45) is 0. The molecule has 3 amide bonds. The number of nitrogens with zero attached hydrogens (tertiary/aromatic N) is 2. The minimum absolute atomic E-state index is 0.0116. The molecular weight excluding hydrogens is 250 g/mol. The number of carbonyl (C=O) groups excluding carboxylic acids is 2. The van der Waals surface area contributed by atoms with E-state index in [1.54, 1.807) is 23.6 Å². The minimum Gasteiger partial charge on any atom is -0.481 e. The number of carboxylic acid groups (broad SMARTS) is 1. The Bertz CT molecular complexity index is 412. The number of carbonyl (C=O) groups is 3. The molecule has 2 saturated heterocycles. The third-order valence-electron chi connectivity index (χ3n) is 4.07. The average Bonchev–Trinajstić information content (AvgIpc) is 2.77. The first kappa shape index (κ1) is 13.6. The van der Waals surface area contributed by atoms with Crippen molar-refractivity contribution in [2.45, 2.75) is 19.9 Å². The summed E-state index contributed by atoms with van der Waals surface area (Å²) in [5, 5.41) is 11.7. The van der Waals surface area contributed by atoms with Crippen LogP contribution in [0.1, 0.15) is 13.8 Å². The fraction of sp³-hybridized carbons (Fsp3) is 0.750. The Hall–Kier alpha value is -1.79. The number of hydrogen-bond acceptors (Lipinski definition) is 3. The first-order chi connectivity index (χ1) is 8.91. The van der Waals surface area contributed by atoms with E-state index in [1.165, 1.54) is 0 Å². The number of aliphatic carboxylic acids is 1. The molecule has 7 heteroatoms. The van der Waals surface area contributed by atoms with Crippen LogP contribution in [0, 0.1) is 11.8 Å². The van der Waals surface area contributed by atoms with Crippen molar-refractivity contribution >= 4 is 17.9 Å². The molecule has 2 aliphatic rings. The molecule has 0 aromatic carbocycles. The summed E-state index contributed by atoms with van der Waals surface area (Å²) in [6.45, 7) is 5.20. The Labute approximate surface area is 111 Å². The Morgan fingerprint density at radius 3 is 2.63 bits per heavy atom. The lowest BCUT2D eigenvalue weighted by Crippen LogP contribution is -2.55. The van der Waals surface area contributed by atoms with E-state index in [0.717, 1.165) is 0 Å². The van der Waals surface area contributed by atoms with Crippen molar-refractivity contribution in [3.8, 4) is 0 Å². The fourth-order valence-electron chi connectivity index (χ4n) is 2.52. The van der Waals surface area contributed by atoms with E-state index >= 15 is 0 Å². The van der Waals surface area contributed by atoms with Crippen LogP contribution in [0.15, 0.2) is 0 Å². The van der Waals surface area contributed by atoms with Crippen LogP contribution in [0.3, 0.4) is 0 Å². The molecule has 0 radical (unpaired) electrons. The molecule has 0 bridgehead atoms. The molecule has 0 saturated carbocycles. The summed E-state index contributed by atoms with van der Waals surface area (Å²) in [4.78, 5) is 38.0. The van der Waals surface area contributed by atoms with Crippen molar-refractivity contribution in [2.75, 3.05) is 26.2 Å². The van der Waals surface area contributed by atoms with E-state index in [0.29, 0.717) is 26.2 Å². The second kappa shape index (κ2) is 5.07. The van der Waals surface area contributed by atoms with Crippen molar-refractivity contribution in [2.24, 2.45) is 11.8 Å². The summed E-state index contributed by atoms with van der Waals surface area (Å²) in [7, 11) is 0. The average molecular weight is 269 g/mol. The highest BCUT2D eigenvalue weighted by Crippen LogP contribution is 2.19. The molecule has 19 heavy (non-hydrogen) atoms. The highest BCUT2D eigenvalue weighted by Gasteiger charge is 2.39. The Kier molecular flexibility index (Phi) is 3.64. The van der Waals surface area contributed by atoms with Gasteiger partial charge in [-0.3, -0.25) is 9.59 Å². The normalized spacial score (nSPS) is 25.6. The van der Waals surface area contributed by atoms with Crippen molar-refractivity contribution in [1.82, 2.24) is 15.1 Å². The smallest absolute Gasteiger partial charge is 0.317 e. The Balaban J connectivity index is 1.98. The number of fused-ring (bicyclic) bond motifs is 1. The quantitative estimate of drug-likeness (QED) is 0.728. The topological polar surface area (TPSA) is 90.0 Å². The van der Waals surface area contributed by atoms with Gasteiger partial charge in [0.1, 0.15) is 0 Å². The van der Waals surface area contributed by atoms with Gasteiger partial charge in [0.05, 0.1) is 12.0 Å². The number of carboxylic acids is 1. The van der Waals surface area contributed by atoms with Crippen LogP contribution in [0.25, 0.3) is 0 Å². The molecular formula is C12H19N3O4. The summed E-state index contributed by atoms with van der Waals surface area (Å²) in [6, 6.07) is -0.0680. The van der Waals surface area contributed by atoms with Crippen molar-refractivity contribution in [1.29, 1.82) is 0 Å². The molecule has 3 unspecified atom stereocenters. The summed E-state index contributed by atoms with van der Waals surface area (Å²) in [5.41, 5.74) is 0. The molecule has 106 valence electrons. The summed E-state index contributed by atoms with van der Waals surface area (Å²) in [5.74, 6) is -2.35. The van der Waals surface area contributed by atoms with E-state index in [-0.39, 0.29) is 18.0 Å². The zero-order chi connectivity index (χ0) is 14.2. The lowest BCUT2D eigenvalue weighted by Gasteiger charge is -2.38. The molecule has 7 nitrogen and oxygen atoms in total. The molecule has 2 heterocycles. The lowest BCUT2D eigenvalue weighted by molar-refractivity contribution is -0.149. The maximum Gasteiger partial charge on any atom is 0.317 e. The number of nitrogens with one attached hydrogen (secondary N) is 1. The van der Waals surface area contributed by atoms with Crippen LogP contribution in [0.4, 0.5) is 4.79 Å². The minimum atomic E-state index is -0.961. The highest BCUT2D eigenvalue weighted by atomic mass is 16.4. The van der Waals surface area contributed by atoms with Gasteiger partial charge >= 0.3 is 12.0 Å². The molecule has 2 aliphatic heterocycles. The van der Waals surface area contributed by atoms with E-state index in [4.69, 9.17) is 5.11 Å². The summed E-state index contributed by atoms with van der Waals surface area (Å²) < 4.78 is 0. The van der Waals surface area contributed by atoms with Gasteiger partial charge in [0.2, 0.25) is 5.91 Å². The van der Waals surface area contributed by atoms with Gasteiger partial charge in [-0.1, -0.05) is 13.8 Å². The number of amides is 3. The molecule has 0 aliphatic carbocycles. The van der Waals surface area contributed by atoms with Gasteiger partial charge in [0, 0.05) is 32.1 Å². The first-order valence-electron chi connectivity index (χ1n) is 6.48. The van der Waals surface area contributed by atoms with Gasteiger partial charge in [0.25, 0.3) is 0 Å². The van der Waals surface area contributed by atoms with Gasteiger partial charge in [-0.2, -0.15) is 0 Å². The molecule has 2 fully saturated rings. The molecule has 3 atom stereocenters. The van der Waals surface area contributed by atoms with Gasteiger partial charge < -0.3 is 20.2 Å². The monoisotopic (exact) mass is 269 g/mol. The lowest BCUT2D eigenvalue weighted by atomic mass is 9.94. The fourth-order valence-corrected chi connectivity index (χ4v) is 2.52. The number of urea groups is 1. The van der Waals surface area contributed by atoms with Crippen LogP contribution in [-0.2, 0) is 9.59 Å². The molecule has 0 aromatic rings. The zero-order valence-electron chi connectivity index (χ0n) is 11.1. The van der Waals surface area contributed by atoms with Gasteiger partial charge in [-0.15, -0.1) is 0 Å². The Morgan fingerprint density at radius 2 is 2.00 bits per heavy atom. The molecule has 0 spiro atoms. The number of hydrogen-bond donors (Lipinski definition) is 2. The van der Waals surface area contributed by atoms with E-state index in [9.17, 15) is 14.4 Å². The van der Waals surface area contributed by atoms with Crippen LogP contribution < -0.4 is 5.32 Å². The zero-order valence-corrected chi connectivity index (χ0v) is 11.1. The third kappa shape index (κ3) is 2.50. The van der Waals surface area contributed by atoms with Crippen LogP contribution in [0.5, 0.6) is 0 Å². The van der Waals surface area contributed by atoms with Gasteiger partial charge in [-0.05, 0) is 0 Å². The number of piperazine rings is 1. The van der Waals surface area contributed by atoms with Crippen LogP contribution in [0.2, 0.25) is 0 Å². The first-order valence-corrected chi connectivity index (χ1v) is 6.48. The van der Waals surface area contributed by atoms with Crippen molar-refractivity contribution < 1.29 is 19.5 Å². The van der Waals surface area contributed by atoms with Crippen LogP contribution >= 0.6 is 0 Å². The number of rotatable bonds is 3. The second-order valence-electron chi connectivity index (χ2n) is 5.23. The maximum atomic E-state index is 12.3. The predicted octanol–water partition coefficient (Wildman–Crippen LogP) is -0.421. The Morgan fingerprint density at radius 1 is 1.32 bits per heavy atom. The molecule has 2 rings (SSSR count). The van der Waals surface area contributed by atoms with E-state index < -0.39 is 17.8 Å². The van der Waals surface area contributed by atoms with Gasteiger partial charge in [0.15, 0.2) is 0 Å². The van der Waals surface area contributed by atoms with E-state index in [2.05, 4.69) is 5.32 Å².